The number of rotatable bonds is 7. The predicted molar refractivity (Wildman–Crippen MR) is 133 cm³/mol. The third-order valence-corrected chi connectivity index (χ3v) is 6.38. The number of carbonyl (C=O) groups is 3. The van der Waals surface area contributed by atoms with Crippen molar-refractivity contribution in [3.63, 3.8) is 0 Å². The molecule has 1 saturated heterocycles. The fourth-order valence-corrected chi connectivity index (χ4v) is 4.57. The number of aromatic nitrogens is 1. The molecule has 0 bridgehead atoms. The maximum atomic E-state index is 13.5. The SMILES string of the molecule is C=CC1C[C@]1(NC(=O)[C@@H]1C[C@@H](Oc2ccnc3ccccc23)CN1C(=O)OC(C)(C)C)C(=O)OCC. The van der Waals surface area contributed by atoms with E-state index in [1.165, 1.54) is 4.90 Å². The van der Waals surface area contributed by atoms with E-state index in [0.29, 0.717) is 12.2 Å². The molecule has 2 aromatic rings. The van der Waals surface area contributed by atoms with Gasteiger partial charge >= 0.3 is 12.1 Å². The molecule has 2 heterocycles. The summed E-state index contributed by atoms with van der Waals surface area (Å²) in [7, 11) is 0. The first-order chi connectivity index (χ1) is 17.1. The van der Waals surface area contributed by atoms with Crippen molar-refractivity contribution in [1.29, 1.82) is 0 Å². The summed E-state index contributed by atoms with van der Waals surface area (Å²) in [6.45, 7) is 11.1. The van der Waals surface area contributed by atoms with E-state index in [1.807, 2.05) is 24.3 Å². The molecule has 0 radical (unpaired) electrons. The van der Waals surface area contributed by atoms with Crippen molar-refractivity contribution in [2.24, 2.45) is 5.92 Å². The van der Waals surface area contributed by atoms with Crippen LogP contribution in [0.15, 0.2) is 49.2 Å². The second-order valence-electron chi connectivity index (χ2n) is 10.2. The highest BCUT2D eigenvalue weighted by molar-refractivity contribution is 5.95. The van der Waals surface area contributed by atoms with Gasteiger partial charge in [-0.2, -0.15) is 0 Å². The van der Waals surface area contributed by atoms with Crippen molar-refractivity contribution in [3.05, 3.63) is 49.2 Å². The summed E-state index contributed by atoms with van der Waals surface area (Å²) in [5, 5.41) is 3.69. The molecule has 1 saturated carbocycles. The van der Waals surface area contributed by atoms with Crippen molar-refractivity contribution < 1.29 is 28.6 Å². The lowest BCUT2D eigenvalue weighted by molar-refractivity contribution is -0.149. The van der Waals surface area contributed by atoms with Gasteiger partial charge in [-0.05, 0) is 52.3 Å². The zero-order valence-electron chi connectivity index (χ0n) is 21.2. The minimum absolute atomic E-state index is 0.154. The fourth-order valence-electron chi connectivity index (χ4n) is 4.57. The highest BCUT2D eigenvalue weighted by Gasteiger charge is 2.62. The van der Waals surface area contributed by atoms with E-state index in [4.69, 9.17) is 14.2 Å². The van der Waals surface area contributed by atoms with Gasteiger partial charge < -0.3 is 19.5 Å². The summed E-state index contributed by atoms with van der Waals surface area (Å²) in [5.41, 5.74) is -1.12. The van der Waals surface area contributed by atoms with Crippen LogP contribution in [-0.2, 0) is 19.1 Å². The molecule has 1 unspecified atom stereocenters. The zero-order valence-corrected chi connectivity index (χ0v) is 21.2. The van der Waals surface area contributed by atoms with Crippen LogP contribution in [0.3, 0.4) is 0 Å². The van der Waals surface area contributed by atoms with E-state index >= 15 is 0 Å². The molecule has 2 amide bonds. The topological polar surface area (TPSA) is 107 Å². The first-order valence-corrected chi connectivity index (χ1v) is 12.2. The standard InChI is InChI=1S/C27H33N3O6/c1-6-17-15-27(17,24(32)34-7-2)29-23(31)21-14-18(16-30(21)25(33)36-26(3,4)5)35-22-12-13-28-20-11-9-8-10-19(20)22/h6,8-13,17-18,21H,1,7,14-16H2,2-5H3,(H,29,31)/t17?,18-,21+,27-/m1/s1. The highest BCUT2D eigenvalue weighted by Crippen LogP contribution is 2.45. The lowest BCUT2D eigenvalue weighted by Gasteiger charge is -2.28. The number of benzene rings is 1. The molecular formula is C27H33N3O6. The molecule has 2 fully saturated rings. The summed E-state index contributed by atoms with van der Waals surface area (Å²) in [5.74, 6) is -0.565. The van der Waals surface area contributed by atoms with Crippen LogP contribution in [0, 0.1) is 5.92 Å². The summed E-state index contributed by atoms with van der Waals surface area (Å²) >= 11 is 0. The maximum Gasteiger partial charge on any atom is 0.411 e. The average molecular weight is 496 g/mol. The van der Waals surface area contributed by atoms with Gasteiger partial charge in [-0.1, -0.05) is 18.2 Å². The third-order valence-electron chi connectivity index (χ3n) is 6.38. The number of nitrogens with one attached hydrogen (secondary N) is 1. The molecule has 9 heteroatoms. The second-order valence-corrected chi connectivity index (χ2v) is 10.2. The molecule has 1 aromatic heterocycles. The largest absolute Gasteiger partial charge is 0.488 e. The Balaban J connectivity index is 1.57. The molecule has 1 aliphatic carbocycles. The van der Waals surface area contributed by atoms with Gasteiger partial charge in [-0.3, -0.25) is 14.7 Å². The third kappa shape index (κ3) is 5.15. The molecular weight excluding hydrogens is 462 g/mol. The Morgan fingerprint density at radius 3 is 2.67 bits per heavy atom. The number of pyridine rings is 1. The van der Waals surface area contributed by atoms with E-state index in [-0.39, 0.29) is 25.5 Å². The van der Waals surface area contributed by atoms with E-state index in [0.717, 1.165) is 10.9 Å². The summed E-state index contributed by atoms with van der Waals surface area (Å²) in [4.78, 5) is 45.0. The van der Waals surface area contributed by atoms with E-state index in [1.54, 1.807) is 46.0 Å². The molecule has 1 aromatic carbocycles. The van der Waals surface area contributed by atoms with Crippen molar-refractivity contribution in [1.82, 2.24) is 15.2 Å². The summed E-state index contributed by atoms with van der Waals surface area (Å²) in [6, 6.07) is 8.48. The Hall–Kier alpha value is -3.62. The quantitative estimate of drug-likeness (QED) is 0.462. The lowest BCUT2D eigenvalue weighted by Crippen LogP contribution is -2.53. The molecule has 4 rings (SSSR count). The van der Waals surface area contributed by atoms with Gasteiger partial charge in [0.15, 0.2) is 0 Å². The number of amides is 2. The monoisotopic (exact) mass is 495 g/mol. The average Bonchev–Trinajstić information content (AvgIpc) is 3.37. The number of fused-ring (bicyclic) bond motifs is 1. The number of hydrogen-bond donors (Lipinski definition) is 1. The van der Waals surface area contributed by atoms with Crippen LogP contribution in [0.25, 0.3) is 10.9 Å². The van der Waals surface area contributed by atoms with Gasteiger partial charge in [-0.25, -0.2) is 9.59 Å². The van der Waals surface area contributed by atoms with Gasteiger partial charge in [-0.15, -0.1) is 6.58 Å². The Kier molecular flexibility index (Phi) is 6.93. The van der Waals surface area contributed by atoms with Gasteiger partial charge in [0.25, 0.3) is 0 Å². The number of hydrogen-bond acceptors (Lipinski definition) is 7. The molecule has 1 N–H and O–H groups in total. The number of nitrogens with zero attached hydrogens (tertiary/aromatic N) is 2. The van der Waals surface area contributed by atoms with Crippen LogP contribution in [-0.4, -0.2) is 64.3 Å². The van der Waals surface area contributed by atoms with Gasteiger partial charge in [0.1, 0.15) is 29.0 Å². The Morgan fingerprint density at radius 2 is 2.00 bits per heavy atom. The number of esters is 1. The van der Waals surface area contributed by atoms with Crippen molar-refractivity contribution in [2.75, 3.05) is 13.2 Å². The normalized spacial score (nSPS) is 25.2. The van der Waals surface area contributed by atoms with Crippen LogP contribution >= 0.6 is 0 Å². The van der Waals surface area contributed by atoms with Gasteiger partial charge in [0.05, 0.1) is 18.7 Å². The maximum absolute atomic E-state index is 13.5. The van der Waals surface area contributed by atoms with Crippen LogP contribution in [0.1, 0.15) is 40.5 Å². The first-order valence-electron chi connectivity index (χ1n) is 12.2. The fraction of sp³-hybridized carbons (Fsp3) is 0.481. The van der Waals surface area contributed by atoms with Crippen molar-refractivity contribution in [3.8, 4) is 5.75 Å². The van der Waals surface area contributed by atoms with Crippen LogP contribution in [0.5, 0.6) is 5.75 Å². The van der Waals surface area contributed by atoms with E-state index < -0.39 is 41.3 Å². The first kappa shape index (κ1) is 25.5. The molecule has 2 aliphatic rings. The molecule has 1 aliphatic heterocycles. The predicted octanol–water partition coefficient (Wildman–Crippen LogP) is 3.62. The molecule has 0 spiro atoms. The number of para-hydroxylation sites is 1. The van der Waals surface area contributed by atoms with E-state index in [2.05, 4.69) is 16.9 Å². The highest BCUT2D eigenvalue weighted by atomic mass is 16.6. The summed E-state index contributed by atoms with van der Waals surface area (Å²) < 4.78 is 17.1. The van der Waals surface area contributed by atoms with Crippen LogP contribution < -0.4 is 10.1 Å². The van der Waals surface area contributed by atoms with Crippen LogP contribution in [0.2, 0.25) is 0 Å². The summed E-state index contributed by atoms with van der Waals surface area (Å²) in [6.07, 6.45) is 2.86. The Labute approximate surface area is 210 Å². The van der Waals surface area contributed by atoms with Crippen LogP contribution in [0.4, 0.5) is 4.79 Å². The zero-order chi connectivity index (χ0) is 26.1. The molecule has 192 valence electrons. The lowest BCUT2D eigenvalue weighted by atomic mass is 10.1. The molecule has 9 nitrogen and oxygen atoms in total. The molecule has 4 atom stereocenters. The Morgan fingerprint density at radius 1 is 1.25 bits per heavy atom. The Bertz CT molecular complexity index is 1170. The van der Waals surface area contributed by atoms with E-state index in [9.17, 15) is 14.4 Å². The molecule has 36 heavy (non-hydrogen) atoms. The number of likely N-dealkylation sites (tertiary alicyclic amines) is 1. The van der Waals surface area contributed by atoms with Gasteiger partial charge in [0.2, 0.25) is 5.91 Å². The number of carbonyl (C=O) groups excluding carboxylic acids is 3. The van der Waals surface area contributed by atoms with Crippen molar-refractivity contribution >= 4 is 28.9 Å². The minimum Gasteiger partial charge on any atom is -0.488 e. The minimum atomic E-state index is -1.16. The van der Waals surface area contributed by atoms with Crippen molar-refractivity contribution in [2.45, 2.75) is 63.8 Å². The van der Waals surface area contributed by atoms with Gasteiger partial charge in [0, 0.05) is 23.9 Å². The smallest absolute Gasteiger partial charge is 0.411 e. The second kappa shape index (κ2) is 9.79. The number of ether oxygens (including phenoxy) is 3.